The summed E-state index contributed by atoms with van der Waals surface area (Å²) in [6, 6.07) is 13.1. The Bertz CT molecular complexity index is 934. The van der Waals surface area contributed by atoms with E-state index in [-0.39, 0.29) is 30.4 Å². The van der Waals surface area contributed by atoms with E-state index >= 15 is 0 Å². The van der Waals surface area contributed by atoms with Gasteiger partial charge in [-0.25, -0.2) is 4.98 Å². The third-order valence-corrected chi connectivity index (χ3v) is 6.06. The number of hydrogen-bond acceptors (Lipinski definition) is 5. The quantitative estimate of drug-likeness (QED) is 0.816. The Hall–Kier alpha value is -2.93. The van der Waals surface area contributed by atoms with E-state index in [2.05, 4.69) is 4.98 Å². The average Bonchev–Trinajstić information content (AvgIpc) is 3.36. The summed E-state index contributed by atoms with van der Waals surface area (Å²) in [6.07, 6.45) is 2.32. The van der Waals surface area contributed by atoms with Crippen LogP contribution in [0.5, 0.6) is 5.88 Å². The van der Waals surface area contributed by atoms with Crippen molar-refractivity contribution in [3.63, 3.8) is 0 Å². The first kappa shape index (κ1) is 17.2. The van der Waals surface area contributed by atoms with Crippen LogP contribution >= 0.6 is 0 Å². The predicted octanol–water partition coefficient (Wildman–Crippen LogP) is 2.00. The molecule has 28 heavy (non-hydrogen) atoms. The first-order valence-electron chi connectivity index (χ1n) is 9.47. The molecule has 3 aliphatic rings. The van der Waals surface area contributed by atoms with Crippen LogP contribution in [0.3, 0.4) is 0 Å². The van der Waals surface area contributed by atoms with Crippen LogP contribution < -0.4 is 4.74 Å². The Kier molecular flexibility index (Phi) is 3.87. The summed E-state index contributed by atoms with van der Waals surface area (Å²) in [5.41, 5.74) is 0.727. The molecule has 3 saturated heterocycles. The second kappa shape index (κ2) is 6.31. The second-order valence-electron chi connectivity index (χ2n) is 7.40. The lowest BCUT2D eigenvalue weighted by Gasteiger charge is -2.32. The maximum absolute atomic E-state index is 13.2. The standard InChI is InChI=1S/C21H21N3O4/c1-27-19-15(8-5-10-22-19)20(26)23-11-9-21-17(23)12-18(25)24(21)13-16(28-21)14-6-3-2-4-7-14/h2-8,10,16-17H,9,11-13H2,1H3/t16-,17-,21+/m1/s1. The van der Waals surface area contributed by atoms with E-state index in [9.17, 15) is 9.59 Å². The van der Waals surface area contributed by atoms with Crippen molar-refractivity contribution in [2.24, 2.45) is 0 Å². The first-order valence-corrected chi connectivity index (χ1v) is 9.47. The lowest BCUT2D eigenvalue weighted by atomic mass is 10.1. The molecule has 3 atom stereocenters. The van der Waals surface area contributed by atoms with Crippen LogP contribution in [0, 0.1) is 0 Å². The van der Waals surface area contributed by atoms with Crippen LogP contribution in [0.1, 0.15) is 34.9 Å². The summed E-state index contributed by atoms with van der Waals surface area (Å²) in [7, 11) is 1.50. The van der Waals surface area contributed by atoms with Crippen LogP contribution in [-0.4, -0.2) is 58.6 Å². The third-order valence-electron chi connectivity index (χ3n) is 6.06. The number of carbonyl (C=O) groups excluding carboxylic acids is 2. The molecule has 0 saturated carbocycles. The number of benzene rings is 1. The van der Waals surface area contributed by atoms with Gasteiger partial charge in [0.2, 0.25) is 11.8 Å². The smallest absolute Gasteiger partial charge is 0.259 e. The molecule has 0 aliphatic carbocycles. The normalized spacial score (nSPS) is 28.4. The highest BCUT2D eigenvalue weighted by Gasteiger charge is 2.65. The van der Waals surface area contributed by atoms with Gasteiger partial charge in [0.1, 0.15) is 11.7 Å². The molecule has 7 nitrogen and oxygen atoms in total. The predicted molar refractivity (Wildman–Crippen MR) is 99.6 cm³/mol. The number of methoxy groups -OCH3 is 1. The molecule has 0 radical (unpaired) electrons. The van der Waals surface area contributed by atoms with Gasteiger partial charge in [-0.3, -0.25) is 9.59 Å². The van der Waals surface area contributed by atoms with Crippen molar-refractivity contribution in [3.8, 4) is 5.88 Å². The summed E-state index contributed by atoms with van der Waals surface area (Å²) >= 11 is 0. The minimum atomic E-state index is -0.733. The van der Waals surface area contributed by atoms with E-state index in [4.69, 9.17) is 9.47 Å². The van der Waals surface area contributed by atoms with Crippen molar-refractivity contribution >= 4 is 11.8 Å². The minimum Gasteiger partial charge on any atom is -0.480 e. The van der Waals surface area contributed by atoms with Crippen LogP contribution in [-0.2, 0) is 9.53 Å². The number of hydrogen-bond donors (Lipinski definition) is 0. The lowest BCUT2D eigenvalue weighted by Crippen LogP contribution is -2.48. The second-order valence-corrected chi connectivity index (χ2v) is 7.40. The molecule has 0 unspecified atom stereocenters. The van der Waals surface area contributed by atoms with Gasteiger partial charge in [0.15, 0.2) is 5.72 Å². The maximum atomic E-state index is 13.2. The number of amides is 2. The van der Waals surface area contributed by atoms with Crippen molar-refractivity contribution in [1.82, 2.24) is 14.8 Å². The zero-order chi connectivity index (χ0) is 19.3. The zero-order valence-electron chi connectivity index (χ0n) is 15.6. The van der Waals surface area contributed by atoms with Gasteiger partial charge in [-0.05, 0) is 17.7 Å². The number of nitrogens with zero attached hydrogens (tertiary/aromatic N) is 3. The summed E-state index contributed by atoms with van der Waals surface area (Å²) in [5, 5.41) is 0. The number of ether oxygens (including phenoxy) is 2. The van der Waals surface area contributed by atoms with Crippen LogP contribution in [0.2, 0.25) is 0 Å². The van der Waals surface area contributed by atoms with Gasteiger partial charge in [-0.2, -0.15) is 0 Å². The molecule has 1 spiro atoms. The summed E-state index contributed by atoms with van der Waals surface area (Å²) in [4.78, 5) is 33.7. The van der Waals surface area contributed by atoms with E-state index in [1.807, 2.05) is 35.2 Å². The highest BCUT2D eigenvalue weighted by molar-refractivity contribution is 5.97. The molecule has 0 N–H and O–H groups in total. The van der Waals surface area contributed by atoms with Crippen molar-refractivity contribution in [3.05, 3.63) is 59.8 Å². The van der Waals surface area contributed by atoms with Gasteiger partial charge >= 0.3 is 0 Å². The fourth-order valence-electron chi connectivity index (χ4n) is 4.78. The molecular formula is C21H21N3O4. The third kappa shape index (κ3) is 2.36. The van der Waals surface area contributed by atoms with Crippen LogP contribution in [0.4, 0.5) is 0 Å². The van der Waals surface area contributed by atoms with Gasteiger partial charge in [0.05, 0.1) is 26.1 Å². The lowest BCUT2D eigenvalue weighted by molar-refractivity contribution is -0.138. The fourth-order valence-corrected chi connectivity index (χ4v) is 4.78. The molecule has 3 aliphatic heterocycles. The first-order chi connectivity index (χ1) is 13.6. The Morgan fingerprint density at radius 2 is 2.07 bits per heavy atom. The van der Waals surface area contributed by atoms with E-state index in [1.54, 1.807) is 23.2 Å². The fraction of sp³-hybridized carbons (Fsp3) is 0.381. The van der Waals surface area contributed by atoms with Crippen LogP contribution in [0.25, 0.3) is 0 Å². The molecule has 0 bridgehead atoms. The largest absolute Gasteiger partial charge is 0.480 e. The number of rotatable bonds is 3. The number of pyridine rings is 1. The minimum absolute atomic E-state index is 0.0408. The zero-order valence-corrected chi connectivity index (χ0v) is 15.6. The highest BCUT2D eigenvalue weighted by Crippen LogP contribution is 2.51. The van der Waals surface area contributed by atoms with E-state index in [0.717, 1.165) is 5.56 Å². The van der Waals surface area contributed by atoms with Crippen molar-refractivity contribution in [1.29, 1.82) is 0 Å². The van der Waals surface area contributed by atoms with Gasteiger partial charge in [-0.1, -0.05) is 30.3 Å². The number of likely N-dealkylation sites (tertiary alicyclic amines) is 1. The van der Waals surface area contributed by atoms with E-state index in [1.165, 1.54) is 7.11 Å². The topological polar surface area (TPSA) is 72.0 Å². The summed E-state index contributed by atoms with van der Waals surface area (Å²) < 4.78 is 11.7. The van der Waals surface area contributed by atoms with Crippen LogP contribution in [0.15, 0.2) is 48.7 Å². The van der Waals surface area contributed by atoms with Gasteiger partial charge < -0.3 is 19.3 Å². The summed E-state index contributed by atoms with van der Waals surface area (Å²) in [5.74, 6) is 0.163. The van der Waals surface area contributed by atoms with Gasteiger partial charge in [0, 0.05) is 19.2 Å². The van der Waals surface area contributed by atoms with Crippen molar-refractivity contribution < 1.29 is 19.1 Å². The average molecular weight is 379 g/mol. The van der Waals surface area contributed by atoms with Gasteiger partial charge in [-0.15, -0.1) is 0 Å². The highest BCUT2D eigenvalue weighted by atomic mass is 16.5. The molecule has 3 fully saturated rings. The molecule has 2 aromatic rings. The Labute approximate surface area is 162 Å². The summed E-state index contributed by atoms with van der Waals surface area (Å²) in [6.45, 7) is 1.06. The van der Waals surface area contributed by atoms with E-state index < -0.39 is 5.72 Å². The van der Waals surface area contributed by atoms with E-state index in [0.29, 0.717) is 31.0 Å². The molecule has 5 rings (SSSR count). The maximum Gasteiger partial charge on any atom is 0.259 e. The molecule has 2 amide bonds. The molecular weight excluding hydrogens is 358 g/mol. The molecule has 144 valence electrons. The van der Waals surface area contributed by atoms with Gasteiger partial charge in [0.25, 0.3) is 5.91 Å². The molecule has 1 aromatic carbocycles. The van der Waals surface area contributed by atoms with Crippen molar-refractivity contribution in [2.75, 3.05) is 20.2 Å². The monoisotopic (exact) mass is 379 g/mol. The Balaban J connectivity index is 1.45. The Morgan fingerprint density at radius 3 is 2.86 bits per heavy atom. The Morgan fingerprint density at radius 1 is 1.25 bits per heavy atom. The van der Waals surface area contributed by atoms with Crippen molar-refractivity contribution in [2.45, 2.75) is 30.7 Å². The molecule has 1 aromatic heterocycles. The molecule has 4 heterocycles. The SMILES string of the molecule is COc1ncccc1C(=O)N1CC[C@@]23O[C@@H](c4ccccc4)CN2C(=O)C[C@@H]13. The molecule has 7 heteroatoms. The number of aromatic nitrogens is 1. The number of carbonyl (C=O) groups is 2.